The van der Waals surface area contributed by atoms with Gasteiger partial charge in [0.1, 0.15) is 5.82 Å². The van der Waals surface area contributed by atoms with E-state index in [4.69, 9.17) is 0 Å². The Morgan fingerprint density at radius 1 is 0.933 bits per heavy atom. The van der Waals surface area contributed by atoms with Gasteiger partial charge in [-0.15, -0.1) is 0 Å². The van der Waals surface area contributed by atoms with Crippen molar-refractivity contribution >= 4 is 23.5 Å². The van der Waals surface area contributed by atoms with Crippen LogP contribution >= 0.6 is 11.8 Å². The third-order valence-electron chi connectivity index (χ3n) is 4.53. The third kappa shape index (κ3) is 5.59. The summed E-state index contributed by atoms with van der Waals surface area (Å²) in [5.41, 5.74) is -5.39. The number of benzene rings is 1. The number of aromatic nitrogens is 1. The Balaban J connectivity index is 1.71. The van der Waals surface area contributed by atoms with Crippen LogP contribution in [-0.4, -0.2) is 47.5 Å². The fourth-order valence-electron chi connectivity index (χ4n) is 3.12. The van der Waals surface area contributed by atoms with Crippen molar-refractivity contribution < 1.29 is 31.1 Å². The fraction of sp³-hybridized carbons (Fsp3) is 0.368. The lowest BCUT2D eigenvalue weighted by Crippen LogP contribution is -2.35. The van der Waals surface area contributed by atoms with Gasteiger partial charge in [0.15, 0.2) is 0 Å². The number of carbonyl (C=O) groups excluding carboxylic acids is 1. The molecule has 0 radical (unpaired) electrons. The van der Waals surface area contributed by atoms with Gasteiger partial charge >= 0.3 is 11.7 Å². The van der Waals surface area contributed by atoms with Gasteiger partial charge in [-0.3, -0.25) is 4.79 Å². The lowest BCUT2D eigenvalue weighted by atomic mass is 10.2. The zero-order valence-corrected chi connectivity index (χ0v) is 16.3. The zero-order chi connectivity index (χ0) is 21.9. The molecule has 4 nitrogen and oxygen atoms in total. The van der Waals surface area contributed by atoms with Gasteiger partial charge in [-0.1, -0.05) is 12.1 Å². The lowest BCUT2D eigenvalue weighted by molar-refractivity contribution is -0.137. The summed E-state index contributed by atoms with van der Waals surface area (Å²) in [5, 5.41) is 0. The van der Waals surface area contributed by atoms with Gasteiger partial charge < -0.3 is 9.80 Å². The van der Waals surface area contributed by atoms with Crippen molar-refractivity contribution in [3.63, 3.8) is 0 Å². The van der Waals surface area contributed by atoms with Gasteiger partial charge in [0.05, 0.1) is 11.1 Å². The van der Waals surface area contributed by atoms with E-state index in [1.165, 1.54) is 35.2 Å². The minimum Gasteiger partial charge on any atom is -0.355 e. The first-order valence-corrected chi connectivity index (χ1v) is 9.78. The van der Waals surface area contributed by atoms with Crippen LogP contribution in [0.1, 0.15) is 22.3 Å². The smallest absolute Gasteiger partial charge is 0.355 e. The van der Waals surface area contributed by atoms with E-state index in [0.29, 0.717) is 31.9 Å². The zero-order valence-electron chi connectivity index (χ0n) is 15.5. The van der Waals surface area contributed by atoms with E-state index in [-0.39, 0.29) is 28.8 Å². The molecule has 1 saturated heterocycles. The first kappa shape index (κ1) is 22.3. The first-order chi connectivity index (χ1) is 14.0. The highest BCUT2D eigenvalue weighted by molar-refractivity contribution is 8.00. The first-order valence-electron chi connectivity index (χ1n) is 8.97. The minimum absolute atomic E-state index is 0.0269. The lowest BCUT2D eigenvalue weighted by Gasteiger charge is -2.24. The topological polar surface area (TPSA) is 36.4 Å². The second-order valence-electron chi connectivity index (χ2n) is 6.58. The summed E-state index contributed by atoms with van der Waals surface area (Å²) in [6.45, 7) is 1.30. The highest BCUT2D eigenvalue weighted by Crippen LogP contribution is 2.38. The van der Waals surface area contributed by atoms with Crippen LogP contribution in [0.2, 0.25) is 0 Å². The summed E-state index contributed by atoms with van der Waals surface area (Å²) >= 11 is -0.334. The molecule has 30 heavy (non-hydrogen) atoms. The largest absolute Gasteiger partial charge is 0.446 e. The van der Waals surface area contributed by atoms with Crippen molar-refractivity contribution in [2.45, 2.75) is 23.0 Å². The van der Waals surface area contributed by atoms with Crippen molar-refractivity contribution in [2.24, 2.45) is 0 Å². The minimum atomic E-state index is -4.51. The van der Waals surface area contributed by atoms with Crippen molar-refractivity contribution in [3.05, 3.63) is 53.7 Å². The van der Waals surface area contributed by atoms with E-state index in [0.717, 1.165) is 12.3 Å². The second-order valence-corrected chi connectivity index (χ2v) is 7.69. The average Bonchev–Trinajstić information content (AvgIpc) is 2.92. The van der Waals surface area contributed by atoms with E-state index in [1.54, 1.807) is 4.90 Å². The van der Waals surface area contributed by atoms with Gasteiger partial charge in [-0.2, -0.15) is 26.3 Å². The molecule has 1 aliphatic heterocycles. The molecule has 0 aliphatic carbocycles. The molecule has 2 heterocycles. The SMILES string of the molecule is O=C(c1ccccc1SC(F)(F)F)N1CCCN(c2ccc(C(F)(F)F)cn2)CC1. The summed E-state index contributed by atoms with van der Waals surface area (Å²) < 4.78 is 76.4. The van der Waals surface area contributed by atoms with Crippen LogP contribution in [0.15, 0.2) is 47.5 Å². The Morgan fingerprint density at radius 3 is 2.30 bits per heavy atom. The molecule has 162 valence electrons. The van der Waals surface area contributed by atoms with E-state index in [1.807, 2.05) is 0 Å². The van der Waals surface area contributed by atoms with Crippen LogP contribution in [0.4, 0.5) is 32.2 Å². The Kier molecular flexibility index (Phi) is 6.49. The fourth-order valence-corrected chi connectivity index (χ4v) is 3.78. The molecule has 2 aromatic rings. The van der Waals surface area contributed by atoms with E-state index >= 15 is 0 Å². The monoisotopic (exact) mass is 449 g/mol. The van der Waals surface area contributed by atoms with Crippen LogP contribution in [0, 0.1) is 0 Å². The average molecular weight is 449 g/mol. The number of amides is 1. The molecular formula is C19H17F6N3OS. The summed E-state index contributed by atoms with van der Waals surface area (Å²) in [6, 6.07) is 7.77. The van der Waals surface area contributed by atoms with Crippen molar-refractivity contribution in [1.29, 1.82) is 0 Å². The van der Waals surface area contributed by atoms with E-state index in [9.17, 15) is 31.1 Å². The predicted octanol–water partition coefficient (Wildman–Crippen LogP) is 5.06. The highest BCUT2D eigenvalue weighted by Gasteiger charge is 2.33. The maximum absolute atomic E-state index is 12.8. The van der Waals surface area contributed by atoms with Crippen LogP contribution in [-0.2, 0) is 6.18 Å². The molecule has 1 fully saturated rings. The van der Waals surface area contributed by atoms with Crippen molar-refractivity contribution in [2.75, 3.05) is 31.1 Å². The molecule has 1 aromatic carbocycles. The van der Waals surface area contributed by atoms with Crippen molar-refractivity contribution in [1.82, 2.24) is 9.88 Å². The Hall–Kier alpha value is -2.43. The normalized spacial score (nSPS) is 15.8. The summed E-state index contributed by atoms with van der Waals surface area (Å²) in [7, 11) is 0. The molecule has 0 unspecified atom stereocenters. The molecule has 11 heteroatoms. The summed E-state index contributed by atoms with van der Waals surface area (Å²) in [6.07, 6.45) is -3.22. The highest BCUT2D eigenvalue weighted by atomic mass is 32.2. The maximum Gasteiger partial charge on any atom is 0.446 e. The Labute approximate surface area is 172 Å². The molecule has 0 N–H and O–H groups in total. The van der Waals surface area contributed by atoms with Crippen LogP contribution in [0.5, 0.6) is 0 Å². The van der Waals surface area contributed by atoms with Crippen LogP contribution in [0.25, 0.3) is 0 Å². The van der Waals surface area contributed by atoms with Crippen LogP contribution < -0.4 is 4.90 Å². The quantitative estimate of drug-likeness (QED) is 0.485. The van der Waals surface area contributed by atoms with Gasteiger partial charge in [-0.05, 0) is 42.4 Å². The number of thioether (sulfide) groups is 1. The standard InChI is InChI=1S/C19H17F6N3OS/c20-18(21,22)13-6-7-16(26-12-13)27-8-3-9-28(11-10-27)17(29)14-4-1-2-5-15(14)30-19(23,24)25/h1-2,4-7,12H,3,8-11H2. The second kappa shape index (κ2) is 8.75. The molecular weight excluding hydrogens is 432 g/mol. The van der Waals surface area contributed by atoms with Gasteiger partial charge in [-0.25, -0.2) is 4.98 Å². The van der Waals surface area contributed by atoms with Crippen LogP contribution in [0.3, 0.4) is 0 Å². The maximum atomic E-state index is 12.8. The number of nitrogens with zero attached hydrogens (tertiary/aromatic N) is 3. The number of hydrogen-bond acceptors (Lipinski definition) is 4. The predicted molar refractivity (Wildman–Crippen MR) is 100 cm³/mol. The van der Waals surface area contributed by atoms with E-state index in [2.05, 4.69) is 4.98 Å². The number of halogens is 6. The summed E-state index contributed by atoms with van der Waals surface area (Å²) in [5.74, 6) is -0.157. The van der Waals surface area contributed by atoms with Gasteiger partial charge in [0.2, 0.25) is 0 Å². The molecule has 1 aliphatic rings. The molecule has 0 atom stereocenters. The number of hydrogen-bond donors (Lipinski definition) is 0. The number of carbonyl (C=O) groups is 1. The number of anilines is 1. The number of alkyl halides is 6. The van der Waals surface area contributed by atoms with E-state index < -0.39 is 23.2 Å². The van der Waals surface area contributed by atoms with Crippen molar-refractivity contribution in [3.8, 4) is 0 Å². The Morgan fingerprint density at radius 2 is 1.67 bits per heavy atom. The third-order valence-corrected chi connectivity index (χ3v) is 5.33. The molecule has 0 bridgehead atoms. The molecule has 1 aromatic heterocycles. The van der Waals surface area contributed by atoms with Gasteiger partial charge in [0, 0.05) is 37.3 Å². The summed E-state index contributed by atoms with van der Waals surface area (Å²) in [4.78, 5) is 19.8. The number of pyridine rings is 1. The molecule has 0 saturated carbocycles. The molecule has 1 amide bonds. The van der Waals surface area contributed by atoms with Gasteiger partial charge in [0.25, 0.3) is 5.91 Å². The number of rotatable bonds is 3. The molecule has 3 rings (SSSR count). The Bertz CT molecular complexity index is 885. The molecule has 0 spiro atoms.